The Hall–Kier alpha value is -1.79. The van der Waals surface area contributed by atoms with Crippen molar-refractivity contribution in [1.29, 1.82) is 0 Å². The lowest BCUT2D eigenvalue weighted by atomic mass is 10.2. The van der Waals surface area contributed by atoms with Gasteiger partial charge in [0.1, 0.15) is 10.7 Å². The van der Waals surface area contributed by atoms with E-state index in [2.05, 4.69) is 15.3 Å². The Balaban J connectivity index is 1.98. The van der Waals surface area contributed by atoms with Crippen LogP contribution in [0.1, 0.15) is 39.0 Å². The van der Waals surface area contributed by atoms with Gasteiger partial charge in [-0.1, -0.05) is 6.07 Å². The number of carbonyl (C=O) groups is 1. The number of rotatable bonds is 5. The Kier molecular flexibility index (Phi) is 4.24. The first kappa shape index (κ1) is 13.6. The van der Waals surface area contributed by atoms with Crippen LogP contribution in [-0.4, -0.2) is 21.0 Å². The van der Waals surface area contributed by atoms with Crippen molar-refractivity contribution in [2.24, 2.45) is 0 Å². The SMILES string of the molecule is Cc1cnc(C(C)NCc2cccc(C(=O)O)n2)s1. The molecule has 2 N–H and O–H groups in total. The zero-order valence-electron chi connectivity index (χ0n) is 10.8. The molecule has 0 fully saturated rings. The van der Waals surface area contributed by atoms with E-state index >= 15 is 0 Å². The first-order chi connectivity index (χ1) is 9.06. The van der Waals surface area contributed by atoms with Crippen LogP contribution in [0.4, 0.5) is 0 Å². The first-order valence-electron chi connectivity index (χ1n) is 5.91. The van der Waals surface area contributed by atoms with Crippen molar-refractivity contribution in [3.8, 4) is 0 Å². The van der Waals surface area contributed by atoms with Gasteiger partial charge in [0.15, 0.2) is 0 Å². The third kappa shape index (κ3) is 3.59. The largest absolute Gasteiger partial charge is 0.477 e. The zero-order valence-corrected chi connectivity index (χ0v) is 11.6. The second kappa shape index (κ2) is 5.90. The quantitative estimate of drug-likeness (QED) is 0.877. The molecule has 0 amide bonds. The van der Waals surface area contributed by atoms with Crippen molar-refractivity contribution in [3.05, 3.63) is 45.7 Å². The molecular weight excluding hydrogens is 262 g/mol. The molecule has 0 aromatic carbocycles. The monoisotopic (exact) mass is 277 g/mol. The van der Waals surface area contributed by atoms with Gasteiger partial charge in [0.25, 0.3) is 0 Å². The van der Waals surface area contributed by atoms with Crippen LogP contribution in [0.15, 0.2) is 24.4 Å². The maximum Gasteiger partial charge on any atom is 0.354 e. The topological polar surface area (TPSA) is 75.1 Å². The maximum atomic E-state index is 10.8. The molecule has 100 valence electrons. The molecule has 0 spiro atoms. The first-order valence-corrected chi connectivity index (χ1v) is 6.73. The molecular formula is C13H15N3O2S. The van der Waals surface area contributed by atoms with Crippen LogP contribution in [0, 0.1) is 6.92 Å². The molecule has 0 saturated carbocycles. The number of thiazole rings is 1. The van der Waals surface area contributed by atoms with Crippen LogP contribution in [0.25, 0.3) is 0 Å². The van der Waals surface area contributed by atoms with E-state index in [0.717, 1.165) is 5.01 Å². The van der Waals surface area contributed by atoms with Crippen molar-refractivity contribution >= 4 is 17.3 Å². The van der Waals surface area contributed by atoms with E-state index in [1.165, 1.54) is 10.9 Å². The van der Waals surface area contributed by atoms with Crippen molar-refractivity contribution in [1.82, 2.24) is 15.3 Å². The van der Waals surface area contributed by atoms with Crippen LogP contribution in [0.3, 0.4) is 0 Å². The molecule has 1 unspecified atom stereocenters. The Morgan fingerprint density at radius 3 is 2.95 bits per heavy atom. The van der Waals surface area contributed by atoms with Gasteiger partial charge in [-0.25, -0.2) is 14.8 Å². The highest BCUT2D eigenvalue weighted by Crippen LogP contribution is 2.19. The van der Waals surface area contributed by atoms with Crippen LogP contribution in [0.2, 0.25) is 0 Å². The van der Waals surface area contributed by atoms with Crippen molar-refractivity contribution in [3.63, 3.8) is 0 Å². The summed E-state index contributed by atoms with van der Waals surface area (Å²) in [5.41, 5.74) is 0.775. The third-order valence-corrected chi connectivity index (χ3v) is 3.72. The smallest absolute Gasteiger partial charge is 0.354 e. The molecule has 0 bridgehead atoms. The molecule has 2 rings (SSSR count). The standard InChI is InChI=1S/C13H15N3O2S/c1-8-6-15-12(19-8)9(2)14-7-10-4-3-5-11(16-10)13(17)18/h3-6,9,14H,7H2,1-2H3,(H,17,18). The minimum absolute atomic E-state index is 0.0667. The van der Waals surface area contributed by atoms with E-state index in [0.29, 0.717) is 12.2 Å². The molecule has 2 aromatic rings. The zero-order chi connectivity index (χ0) is 13.8. The number of carboxylic acids is 1. The van der Waals surface area contributed by atoms with Gasteiger partial charge in [0, 0.05) is 17.6 Å². The van der Waals surface area contributed by atoms with Gasteiger partial charge >= 0.3 is 5.97 Å². The number of hydrogen-bond donors (Lipinski definition) is 2. The summed E-state index contributed by atoms with van der Waals surface area (Å²) < 4.78 is 0. The minimum Gasteiger partial charge on any atom is -0.477 e. The molecule has 0 aliphatic rings. The van der Waals surface area contributed by atoms with Gasteiger partial charge < -0.3 is 10.4 Å². The lowest BCUT2D eigenvalue weighted by Crippen LogP contribution is -2.19. The molecule has 2 heterocycles. The molecule has 0 aliphatic carbocycles. The normalized spacial score (nSPS) is 12.3. The number of nitrogens with zero attached hydrogens (tertiary/aromatic N) is 2. The van der Waals surface area contributed by atoms with E-state index in [9.17, 15) is 4.79 Å². The van der Waals surface area contributed by atoms with Gasteiger partial charge in [0.2, 0.25) is 0 Å². The second-order valence-corrected chi connectivity index (χ2v) is 5.50. The second-order valence-electron chi connectivity index (χ2n) is 4.23. The highest BCUT2D eigenvalue weighted by molar-refractivity contribution is 7.11. The molecule has 0 aliphatic heterocycles. The molecule has 0 radical (unpaired) electrons. The van der Waals surface area contributed by atoms with Gasteiger partial charge in [-0.3, -0.25) is 0 Å². The van der Waals surface area contributed by atoms with Gasteiger partial charge in [-0.2, -0.15) is 0 Å². The predicted molar refractivity (Wildman–Crippen MR) is 73.3 cm³/mol. The Bertz CT molecular complexity index is 583. The van der Waals surface area contributed by atoms with Crippen LogP contribution in [0.5, 0.6) is 0 Å². The van der Waals surface area contributed by atoms with Crippen molar-refractivity contribution < 1.29 is 9.90 Å². The summed E-state index contributed by atoms with van der Waals surface area (Å²) in [7, 11) is 0. The van der Waals surface area contributed by atoms with Crippen LogP contribution in [-0.2, 0) is 6.54 Å². The van der Waals surface area contributed by atoms with Gasteiger partial charge in [-0.15, -0.1) is 11.3 Å². The predicted octanol–water partition coefficient (Wildman–Crippen LogP) is 2.40. The Morgan fingerprint density at radius 1 is 1.53 bits per heavy atom. The van der Waals surface area contributed by atoms with E-state index in [1.807, 2.05) is 20.0 Å². The van der Waals surface area contributed by atoms with E-state index in [1.54, 1.807) is 23.5 Å². The lowest BCUT2D eigenvalue weighted by Gasteiger charge is -2.10. The number of aryl methyl sites for hydroxylation is 1. The molecule has 2 aromatic heterocycles. The molecule has 1 atom stereocenters. The summed E-state index contributed by atoms with van der Waals surface area (Å²) in [6.07, 6.45) is 1.85. The van der Waals surface area contributed by atoms with Gasteiger partial charge in [0.05, 0.1) is 11.7 Å². The summed E-state index contributed by atoms with van der Waals surface area (Å²) in [5, 5.41) is 13.2. The molecule has 0 saturated heterocycles. The summed E-state index contributed by atoms with van der Waals surface area (Å²) in [4.78, 5) is 20.4. The molecule has 19 heavy (non-hydrogen) atoms. The molecule has 5 nitrogen and oxygen atoms in total. The number of aromatic nitrogens is 2. The van der Waals surface area contributed by atoms with Crippen LogP contribution >= 0.6 is 11.3 Å². The fourth-order valence-corrected chi connectivity index (χ4v) is 2.42. The average Bonchev–Trinajstić information content (AvgIpc) is 2.83. The number of hydrogen-bond acceptors (Lipinski definition) is 5. The number of pyridine rings is 1. The van der Waals surface area contributed by atoms with Crippen molar-refractivity contribution in [2.45, 2.75) is 26.4 Å². The third-order valence-electron chi connectivity index (χ3n) is 2.62. The summed E-state index contributed by atoms with van der Waals surface area (Å²) in [6.45, 7) is 4.56. The highest BCUT2D eigenvalue weighted by atomic mass is 32.1. The highest BCUT2D eigenvalue weighted by Gasteiger charge is 2.10. The van der Waals surface area contributed by atoms with Gasteiger partial charge in [-0.05, 0) is 26.0 Å². The fraction of sp³-hybridized carbons (Fsp3) is 0.308. The van der Waals surface area contributed by atoms with E-state index < -0.39 is 5.97 Å². The molecule has 6 heteroatoms. The maximum absolute atomic E-state index is 10.8. The number of aromatic carboxylic acids is 1. The number of nitrogens with one attached hydrogen (secondary N) is 1. The Labute approximate surface area is 115 Å². The summed E-state index contributed by atoms with van der Waals surface area (Å²) >= 11 is 1.65. The number of carboxylic acid groups (broad SMARTS) is 1. The summed E-state index contributed by atoms with van der Waals surface area (Å²) in [5.74, 6) is -1.01. The fourth-order valence-electron chi connectivity index (χ4n) is 1.61. The van der Waals surface area contributed by atoms with E-state index in [-0.39, 0.29) is 11.7 Å². The summed E-state index contributed by atoms with van der Waals surface area (Å²) in [6, 6.07) is 5.11. The lowest BCUT2D eigenvalue weighted by molar-refractivity contribution is 0.0690. The van der Waals surface area contributed by atoms with Crippen molar-refractivity contribution in [2.75, 3.05) is 0 Å². The Morgan fingerprint density at radius 2 is 2.32 bits per heavy atom. The average molecular weight is 277 g/mol. The van der Waals surface area contributed by atoms with Crippen LogP contribution < -0.4 is 5.32 Å². The minimum atomic E-state index is -1.01. The van der Waals surface area contributed by atoms with E-state index in [4.69, 9.17) is 5.11 Å².